The van der Waals surface area contributed by atoms with E-state index in [9.17, 15) is 9.59 Å². The van der Waals surface area contributed by atoms with Gasteiger partial charge in [-0.15, -0.1) is 0 Å². The minimum atomic E-state index is -2.41. The van der Waals surface area contributed by atoms with Gasteiger partial charge >= 0.3 is 6.03 Å². The fraction of sp³-hybridized carbons (Fsp3) is 0.263. The summed E-state index contributed by atoms with van der Waals surface area (Å²) in [5.74, 6) is -0.889. The molecule has 2 aliphatic heterocycles. The van der Waals surface area contributed by atoms with Gasteiger partial charge in [-0.05, 0) is 11.1 Å². The molecule has 2 aromatic carbocycles. The lowest BCUT2D eigenvalue weighted by Crippen LogP contribution is -2.83. The van der Waals surface area contributed by atoms with Crippen molar-refractivity contribution in [3.05, 3.63) is 71.8 Å². The molecule has 4 rings (SSSR count). The highest BCUT2D eigenvalue weighted by molar-refractivity contribution is 6.04. The van der Waals surface area contributed by atoms with Gasteiger partial charge in [-0.1, -0.05) is 60.7 Å². The molecule has 0 spiro atoms. The Bertz CT molecular complexity index is 803. The smallest absolute Gasteiger partial charge is 0.328 e. The van der Waals surface area contributed by atoms with E-state index >= 15 is 4.39 Å². The molecule has 0 N–H and O–H groups in total. The summed E-state index contributed by atoms with van der Waals surface area (Å²) in [5.41, 5.74) is -2.94. The van der Waals surface area contributed by atoms with Crippen LogP contribution in [0.5, 0.6) is 0 Å². The zero-order valence-corrected chi connectivity index (χ0v) is 13.8. The SMILES string of the molecule is CN1C(=O)N(C)C2OC(c3ccccc3)(c3ccccc3)C2(F)C1=O. The number of benzene rings is 2. The van der Waals surface area contributed by atoms with Crippen molar-refractivity contribution < 1.29 is 18.7 Å². The van der Waals surface area contributed by atoms with Gasteiger partial charge in [0.1, 0.15) is 0 Å². The molecule has 0 radical (unpaired) electrons. The summed E-state index contributed by atoms with van der Waals surface area (Å²) in [6, 6.07) is 17.0. The normalized spacial score (nSPS) is 27.7. The van der Waals surface area contributed by atoms with Gasteiger partial charge in [0.2, 0.25) is 0 Å². The number of imide groups is 1. The maximum Gasteiger partial charge on any atom is 0.328 e. The van der Waals surface area contributed by atoms with Crippen molar-refractivity contribution in [3.8, 4) is 0 Å². The molecule has 0 aromatic heterocycles. The van der Waals surface area contributed by atoms with Crippen LogP contribution in [0.4, 0.5) is 9.18 Å². The Morgan fingerprint density at radius 2 is 1.40 bits per heavy atom. The van der Waals surface area contributed by atoms with Gasteiger partial charge in [-0.2, -0.15) is 0 Å². The lowest BCUT2D eigenvalue weighted by Gasteiger charge is -2.62. The second-order valence-electron chi connectivity index (χ2n) is 6.35. The Kier molecular flexibility index (Phi) is 3.24. The number of alkyl halides is 1. The number of hydrogen-bond donors (Lipinski definition) is 0. The number of carbonyl (C=O) groups excluding carboxylic acids is 2. The predicted octanol–water partition coefficient (Wildman–Crippen LogP) is 2.52. The molecular formula is C19H17FN2O3. The van der Waals surface area contributed by atoms with Crippen LogP contribution in [0.3, 0.4) is 0 Å². The number of urea groups is 1. The summed E-state index contributed by atoms with van der Waals surface area (Å²) in [5, 5.41) is 0. The first-order valence-corrected chi connectivity index (χ1v) is 7.97. The van der Waals surface area contributed by atoms with Crippen LogP contribution in [0.1, 0.15) is 11.1 Å². The van der Waals surface area contributed by atoms with Crippen molar-refractivity contribution >= 4 is 11.9 Å². The Balaban J connectivity index is 1.96. The quantitative estimate of drug-likeness (QED) is 0.844. The molecule has 3 amide bonds. The van der Waals surface area contributed by atoms with Crippen LogP contribution in [0, 0.1) is 0 Å². The molecule has 25 heavy (non-hydrogen) atoms. The van der Waals surface area contributed by atoms with Crippen molar-refractivity contribution in [2.24, 2.45) is 0 Å². The van der Waals surface area contributed by atoms with Crippen molar-refractivity contribution in [3.63, 3.8) is 0 Å². The number of carbonyl (C=O) groups is 2. The molecule has 6 heteroatoms. The summed E-state index contributed by atoms with van der Waals surface area (Å²) in [7, 11) is 2.72. The largest absolute Gasteiger partial charge is 0.334 e. The number of nitrogens with zero attached hydrogens (tertiary/aromatic N) is 2. The Morgan fingerprint density at radius 1 is 0.920 bits per heavy atom. The van der Waals surface area contributed by atoms with Crippen LogP contribution in [-0.2, 0) is 15.1 Å². The fourth-order valence-corrected chi connectivity index (χ4v) is 3.79. The summed E-state index contributed by atoms with van der Waals surface area (Å²) in [6.45, 7) is 0. The first-order valence-electron chi connectivity index (χ1n) is 7.97. The van der Waals surface area contributed by atoms with Gasteiger partial charge in [0.25, 0.3) is 11.6 Å². The maximum absolute atomic E-state index is 16.4. The highest BCUT2D eigenvalue weighted by Crippen LogP contribution is 2.59. The number of amides is 3. The average Bonchev–Trinajstić information content (AvgIpc) is 2.65. The van der Waals surface area contributed by atoms with Gasteiger partial charge in [-0.25, -0.2) is 9.18 Å². The molecule has 2 atom stereocenters. The lowest BCUT2D eigenvalue weighted by atomic mass is 9.66. The van der Waals surface area contributed by atoms with Crippen molar-refractivity contribution in [2.45, 2.75) is 17.5 Å². The zero-order valence-electron chi connectivity index (χ0n) is 13.8. The van der Waals surface area contributed by atoms with Gasteiger partial charge in [0.15, 0.2) is 11.8 Å². The van der Waals surface area contributed by atoms with Crippen LogP contribution in [0.2, 0.25) is 0 Å². The molecule has 2 aromatic rings. The Hall–Kier alpha value is -2.73. The number of halogens is 1. The van der Waals surface area contributed by atoms with E-state index in [4.69, 9.17) is 4.74 Å². The Labute approximate surface area is 144 Å². The van der Waals surface area contributed by atoms with E-state index in [1.165, 1.54) is 14.1 Å². The summed E-state index contributed by atoms with van der Waals surface area (Å²) in [6.07, 6.45) is -1.26. The number of fused-ring (bicyclic) bond motifs is 1. The number of ether oxygens (including phenoxy) is 1. The van der Waals surface area contributed by atoms with E-state index in [1.807, 2.05) is 12.1 Å². The molecule has 5 nitrogen and oxygen atoms in total. The Morgan fingerprint density at radius 3 is 1.88 bits per heavy atom. The summed E-state index contributed by atoms with van der Waals surface area (Å²) >= 11 is 0. The van der Waals surface area contributed by atoms with Crippen LogP contribution in [0.15, 0.2) is 60.7 Å². The van der Waals surface area contributed by atoms with Gasteiger partial charge in [-0.3, -0.25) is 14.6 Å². The monoisotopic (exact) mass is 340 g/mol. The highest BCUT2D eigenvalue weighted by Gasteiger charge is 2.79. The van der Waals surface area contributed by atoms with E-state index in [0.29, 0.717) is 11.1 Å². The predicted molar refractivity (Wildman–Crippen MR) is 88.3 cm³/mol. The molecular weight excluding hydrogens is 323 g/mol. The van der Waals surface area contributed by atoms with Crippen molar-refractivity contribution in [2.75, 3.05) is 14.1 Å². The van der Waals surface area contributed by atoms with Crippen LogP contribution in [0.25, 0.3) is 0 Å². The molecule has 0 saturated carbocycles. The van der Waals surface area contributed by atoms with Crippen LogP contribution in [-0.4, -0.2) is 47.7 Å². The molecule has 2 heterocycles. The third-order valence-electron chi connectivity index (χ3n) is 5.06. The van der Waals surface area contributed by atoms with Crippen LogP contribution < -0.4 is 0 Å². The maximum atomic E-state index is 16.4. The minimum Gasteiger partial charge on any atom is -0.334 e. The summed E-state index contributed by atoms with van der Waals surface area (Å²) in [4.78, 5) is 26.9. The molecule has 2 unspecified atom stereocenters. The molecule has 0 bridgehead atoms. The lowest BCUT2D eigenvalue weighted by molar-refractivity contribution is -0.338. The molecule has 2 fully saturated rings. The van der Waals surface area contributed by atoms with Crippen LogP contribution >= 0.6 is 0 Å². The molecule has 128 valence electrons. The third kappa shape index (κ3) is 1.75. The van der Waals surface area contributed by atoms with Gasteiger partial charge in [0, 0.05) is 14.1 Å². The fourth-order valence-electron chi connectivity index (χ4n) is 3.79. The molecule has 2 aliphatic rings. The van der Waals surface area contributed by atoms with E-state index in [0.717, 1.165) is 9.80 Å². The highest BCUT2D eigenvalue weighted by atomic mass is 19.1. The first-order chi connectivity index (χ1) is 11.9. The standard InChI is InChI=1S/C19H17FN2O3/c1-21-15(23)18(20)16(22(2)17(21)24)25-19(18,13-9-5-3-6-10-13)14-11-7-4-8-12-14/h3-12,16H,1-2H3. The van der Waals surface area contributed by atoms with Gasteiger partial charge < -0.3 is 4.74 Å². The van der Waals surface area contributed by atoms with E-state index in [1.54, 1.807) is 48.5 Å². The van der Waals surface area contributed by atoms with E-state index in [-0.39, 0.29) is 0 Å². The molecule has 2 saturated heterocycles. The second kappa shape index (κ2) is 5.13. The number of rotatable bonds is 2. The third-order valence-corrected chi connectivity index (χ3v) is 5.06. The van der Waals surface area contributed by atoms with Crippen molar-refractivity contribution in [1.82, 2.24) is 9.80 Å². The molecule has 0 aliphatic carbocycles. The summed E-state index contributed by atoms with van der Waals surface area (Å²) < 4.78 is 22.4. The topological polar surface area (TPSA) is 49.9 Å². The van der Waals surface area contributed by atoms with E-state index < -0.39 is 29.4 Å². The van der Waals surface area contributed by atoms with E-state index in [2.05, 4.69) is 0 Å². The first kappa shape index (κ1) is 15.8. The van der Waals surface area contributed by atoms with Crippen molar-refractivity contribution in [1.29, 1.82) is 0 Å². The zero-order chi connectivity index (χ0) is 17.8. The average molecular weight is 340 g/mol. The minimum absolute atomic E-state index is 0.532. The second-order valence-corrected chi connectivity index (χ2v) is 6.35. The van der Waals surface area contributed by atoms with Gasteiger partial charge in [0.05, 0.1) is 0 Å². The number of hydrogen-bond acceptors (Lipinski definition) is 3.